The number of benzene rings is 2. The second-order valence-corrected chi connectivity index (χ2v) is 6.01. The minimum absolute atomic E-state index is 0.202. The van der Waals surface area contributed by atoms with E-state index in [2.05, 4.69) is 5.32 Å². The quantitative estimate of drug-likeness (QED) is 0.777. The fourth-order valence-corrected chi connectivity index (χ4v) is 2.99. The number of rotatable bonds is 6. The highest BCUT2D eigenvalue weighted by Gasteiger charge is 2.43. The lowest BCUT2D eigenvalue weighted by Crippen LogP contribution is -2.49. The van der Waals surface area contributed by atoms with E-state index in [0.29, 0.717) is 6.42 Å². The summed E-state index contributed by atoms with van der Waals surface area (Å²) in [5.41, 5.74) is 7.24. The first-order valence-corrected chi connectivity index (χ1v) is 8.07. The number of nitrogens with one attached hydrogen (secondary N) is 1. The summed E-state index contributed by atoms with van der Waals surface area (Å²) in [6.07, 6.45) is 0.576. The van der Waals surface area contributed by atoms with Gasteiger partial charge in [-0.25, -0.2) is 9.69 Å². The first-order chi connectivity index (χ1) is 12.1. The van der Waals surface area contributed by atoms with Gasteiger partial charge in [0.25, 0.3) is 5.91 Å². The van der Waals surface area contributed by atoms with E-state index >= 15 is 0 Å². The van der Waals surface area contributed by atoms with Crippen LogP contribution in [0.5, 0.6) is 0 Å². The maximum atomic E-state index is 12.7. The van der Waals surface area contributed by atoms with Gasteiger partial charge in [0.05, 0.1) is 0 Å². The van der Waals surface area contributed by atoms with Crippen LogP contribution in [0.4, 0.5) is 4.79 Å². The van der Waals surface area contributed by atoms with E-state index < -0.39 is 29.9 Å². The van der Waals surface area contributed by atoms with Gasteiger partial charge in [-0.15, -0.1) is 0 Å². The van der Waals surface area contributed by atoms with Gasteiger partial charge in [0, 0.05) is 12.8 Å². The van der Waals surface area contributed by atoms with Gasteiger partial charge in [0.15, 0.2) is 0 Å². The molecule has 1 aliphatic rings. The zero-order valence-corrected chi connectivity index (χ0v) is 13.6. The average molecular weight is 337 g/mol. The fraction of sp³-hybridized carbons (Fsp3) is 0.211. The Hall–Kier alpha value is -3.15. The number of carbonyl (C=O) groups excluding carboxylic acids is 3. The van der Waals surface area contributed by atoms with Crippen molar-refractivity contribution in [3.8, 4) is 0 Å². The monoisotopic (exact) mass is 337 g/mol. The maximum absolute atomic E-state index is 12.7. The zero-order valence-electron chi connectivity index (χ0n) is 13.6. The van der Waals surface area contributed by atoms with E-state index in [1.165, 1.54) is 0 Å². The molecule has 3 rings (SSSR count). The number of amides is 4. The SMILES string of the molecule is NC(=O)[C@H](Cc1ccccc1)N1C(=O)N[C@H](Cc2ccccc2)C1=O. The summed E-state index contributed by atoms with van der Waals surface area (Å²) in [5, 5.41) is 2.65. The van der Waals surface area contributed by atoms with Crippen molar-refractivity contribution < 1.29 is 14.4 Å². The Labute approximate surface area is 145 Å². The van der Waals surface area contributed by atoms with Gasteiger partial charge >= 0.3 is 6.03 Å². The zero-order chi connectivity index (χ0) is 17.8. The van der Waals surface area contributed by atoms with Crippen LogP contribution in [0.25, 0.3) is 0 Å². The Bertz CT molecular complexity index is 777. The van der Waals surface area contributed by atoms with Crippen molar-refractivity contribution >= 4 is 17.8 Å². The normalized spacial score (nSPS) is 18.1. The van der Waals surface area contributed by atoms with Crippen LogP contribution in [0.15, 0.2) is 60.7 Å². The van der Waals surface area contributed by atoms with Gasteiger partial charge in [-0.1, -0.05) is 60.7 Å². The first-order valence-electron chi connectivity index (χ1n) is 8.07. The van der Waals surface area contributed by atoms with E-state index in [0.717, 1.165) is 16.0 Å². The van der Waals surface area contributed by atoms with Crippen LogP contribution in [0, 0.1) is 0 Å². The predicted octanol–water partition coefficient (Wildman–Crippen LogP) is 1.25. The predicted molar refractivity (Wildman–Crippen MR) is 92.4 cm³/mol. The van der Waals surface area contributed by atoms with Gasteiger partial charge < -0.3 is 11.1 Å². The smallest absolute Gasteiger partial charge is 0.325 e. The molecule has 1 fully saturated rings. The molecule has 2 aromatic carbocycles. The Morgan fingerprint density at radius 1 is 1.00 bits per heavy atom. The number of hydrogen-bond donors (Lipinski definition) is 2. The van der Waals surface area contributed by atoms with E-state index in [-0.39, 0.29) is 6.42 Å². The summed E-state index contributed by atoms with van der Waals surface area (Å²) in [6.45, 7) is 0. The van der Waals surface area contributed by atoms with Crippen LogP contribution in [-0.2, 0) is 22.4 Å². The number of primary amides is 1. The molecule has 0 unspecified atom stereocenters. The number of imide groups is 1. The van der Waals surface area contributed by atoms with Crippen LogP contribution >= 0.6 is 0 Å². The van der Waals surface area contributed by atoms with Crippen LogP contribution < -0.4 is 11.1 Å². The number of nitrogens with zero attached hydrogens (tertiary/aromatic N) is 1. The van der Waals surface area contributed by atoms with Crippen LogP contribution in [0.2, 0.25) is 0 Å². The van der Waals surface area contributed by atoms with Crippen molar-refractivity contribution in [3.05, 3.63) is 71.8 Å². The molecule has 6 nitrogen and oxygen atoms in total. The molecule has 0 radical (unpaired) electrons. The molecule has 0 aromatic heterocycles. The highest BCUT2D eigenvalue weighted by Crippen LogP contribution is 2.18. The molecule has 6 heteroatoms. The summed E-state index contributed by atoms with van der Waals surface area (Å²) in [4.78, 5) is 37.9. The molecule has 4 amide bonds. The lowest BCUT2D eigenvalue weighted by Gasteiger charge is -2.22. The lowest BCUT2D eigenvalue weighted by molar-refractivity contribution is -0.134. The van der Waals surface area contributed by atoms with Crippen LogP contribution in [0.1, 0.15) is 11.1 Å². The summed E-state index contributed by atoms with van der Waals surface area (Å²) in [5.74, 6) is -1.12. The second-order valence-electron chi connectivity index (χ2n) is 6.01. The molecule has 1 heterocycles. The fourth-order valence-electron chi connectivity index (χ4n) is 2.99. The summed E-state index contributed by atoms with van der Waals surface area (Å²) < 4.78 is 0. The van der Waals surface area contributed by atoms with Gasteiger partial charge in [-0.2, -0.15) is 0 Å². The van der Waals surface area contributed by atoms with E-state index in [1.807, 2.05) is 60.7 Å². The van der Waals surface area contributed by atoms with Crippen molar-refractivity contribution in [3.63, 3.8) is 0 Å². The van der Waals surface area contributed by atoms with Crippen molar-refractivity contribution in [2.45, 2.75) is 24.9 Å². The topological polar surface area (TPSA) is 92.5 Å². The largest absolute Gasteiger partial charge is 0.368 e. The molecule has 0 saturated carbocycles. The summed E-state index contributed by atoms with van der Waals surface area (Å²) in [7, 11) is 0. The Morgan fingerprint density at radius 3 is 2.12 bits per heavy atom. The molecular formula is C19H19N3O3. The third kappa shape index (κ3) is 3.68. The number of hydrogen-bond acceptors (Lipinski definition) is 3. The molecular weight excluding hydrogens is 318 g/mol. The van der Waals surface area contributed by atoms with E-state index in [4.69, 9.17) is 5.73 Å². The van der Waals surface area contributed by atoms with Crippen LogP contribution in [-0.4, -0.2) is 34.8 Å². The van der Waals surface area contributed by atoms with Crippen molar-refractivity contribution in [2.75, 3.05) is 0 Å². The summed E-state index contributed by atoms with van der Waals surface area (Å²) >= 11 is 0. The molecule has 25 heavy (non-hydrogen) atoms. The molecule has 2 aromatic rings. The standard InChI is InChI=1S/C19H19N3O3/c20-17(23)16(12-14-9-5-2-6-10-14)22-18(24)15(21-19(22)25)11-13-7-3-1-4-8-13/h1-10,15-16H,11-12H2,(H2,20,23)(H,21,25)/t15-,16+/m1/s1. The molecule has 0 aliphatic carbocycles. The minimum Gasteiger partial charge on any atom is -0.368 e. The average Bonchev–Trinajstić information content (AvgIpc) is 2.88. The second kappa shape index (κ2) is 7.17. The number of urea groups is 1. The molecule has 1 aliphatic heterocycles. The summed E-state index contributed by atoms with van der Waals surface area (Å²) in [6, 6.07) is 16.3. The molecule has 2 atom stereocenters. The van der Waals surface area contributed by atoms with E-state index in [1.54, 1.807) is 0 Å². The molecule has 0 bridgehead atoms. The Balaban J connectivity index is 1.78. The number of nitrogens with two attached hydrogens (primary N) is 1. The van der Waals surface area contributed by atoms with Crippen molar-refractivity contribution in [1.29, 1.82) is 0 Å². The van der Waals surface area contributed by atoms with E-state index in [9.17, 15) is 14.4 Å². The number of carbonyl (C=O) groups is 3. The Morgan fingerprint density at radius 2 is 1.56 bits per heavy atom. The van der Waals surface area contributed by atoms with Gasteiger partial charge in [0.1, 0.15) is 12.1 Å². The maximum Gasteiger partial charge on any atom is 0.325 e. The van der Waals surface area contributed by atoms with Crippen LogP contribution in [0.3, 0.4) is 0 Å². The molecule has 128 valence electrons. The molecule has 3 N–H and O–H groups in total. The molecule has 0 spiro atoms. The Kier molecular flexibility index (Phi) is 4.79. The highest BCUT2D eigenvalue weighted by atomic mass is 16.2. The van der Waals surface area contributed by atoms with Crippen molar-refractivity contribution in [1.82, 2.24) is 10.2 Å². The minimum atomic E-state index is -1.00. The van der Waals surface area contributed by atoms with Crippen molar-refractivity contribution in [2.24, 2.45) is 5.73 Å². The molecule has 1 saturated heterocycles. The highest BCUT2D eigenvalue weighted by molar-refractivity contribution is 6.07. The van der Waals surface area contributed by atoms with Gasteiger partial charge in [0.2, 0.25) is 5.91 Å². The third-order valence-corrected chi connectivity index (χ3v) is 4.25. The first kappa shape index (κ1) is 16.7. The van der Waals surface area contributed by atoms with Gasteiger partial charge in [-0.3, -0.25) is 9.59 Å². The lowest BCUT2D eigenvalue weighted by atomic mass is 10.0. The third-order valence-electron chi connectivity index (χ3n) is 4.25. The van der Waals surface area contributed by atoms with Gasteiger partial charge in [-0.05, 0) is 11.1 Å².